The molecule has 9 heteroatoms. The first-order chi connectivity index (χ1) is 11.8. The number of nitrogens with two attached hydrogens (primary N) is 3. The smallest absolute Gasteiger partial charge is 0.237 e. The molecule has 2 atom stereocenters. The van der Waals surface area contributed by atoms with Gasteiger partial charge >= 0.3 is 0 Å². The standard InChI is InChI=1S/C16H26N6O3/c17-9-14(24)13(2-1-7-21-16(19)20)22-15(25)12(18)8-10-3-5-11(23)6-4-10/h3-6,12-13,23H,1-2,7-9,17-18H2,(H,22,25)(H4,19,20,21). The Labute approximate surface area is 146 Å². The van der Waals surface area contributed by atoms with Gasteiger partial charge in [0.2, 0.25) is 5.91 Å². The van der Waals surface area contributed by atoms with Gasteiger partial charge in [-0.05, 0) is 37.0 Å². The Kier molecular flexibility index (Phi) is 8.37. The second-order valence-electron chi connectivity index (χ2n) is 5.69. The van der Waals surface area contributed by atoms with Crippen LogP contribution in [0.3, 0.4) is 0 Å². The van der Waals surface area contributed by atoms with E-state index >= 15 is 0 Å². The fourth-order valence-electron chi connectivity index (χ4n) is 2.24. The Morgan fingerprint density at radius 3 is 2.44 bits per heavy atom. The van der Waals surface area contributed by atoms with Crippen LogP contribution in [0.5, 0.6) is 5.75 Å². The second kappa shape index (κ2) is 10.3. The molecule has 0 aliphatic heterocycles. The predicted octanol–water partition coefficient (Wildman–Crippen LogP) is -1.46. The Morgan fingerprint density at radius 1 is 1.24 bits per heavy atom. The Morgan fingerprint density at radius 2 is 1.88 bits per heavy atom. The van der Waals surface area contributed by atoms with Crippen molar-refractivity contribution in [3.8, 4) is 5.75 Å². The van der Waals surface area contributed by atoms with Gasteiger partial charge in [-0.1, -0.05) is 12.1 Å². The monoisotopic (exact) mass is 350 g/mol. The van der Waals surface area contributed by atoms with E-state index in [1.165, 1.54) is 12.1 Å². The Bertz CT molecular complexity index is 590. The number of guanidine groups is 1. The van der Waals surface area contributed by atoms with Crippen LogP contribution in [0, 0.1) is 5.41 Å². The van der Waals surface area contributed by atoms with E-state index in [2.05, 4.69) is 10.6 Å². The highest BCUT2D eigenvalue weighted by atomic mass is 16.3. The van der Waals surface area contributed by atoms with Crippen molar-refractivity contribution in [2.75, 3.05) is 13.1 Å². The van der Waals surface area contributed by atoms with Crippen LogP contribution in [0.25, 0.3) is 0 Å². The Balaban J connectivity index is 2.55. The quantitative estimate of drug-likeness (QED) is 0.153. The number of carbonyl (C=O) groups is 2. The van der Waals surface area contributed by atoms with E-state index in [-0.39, 0.29) is 30.5 Å². The second-order valence-corrected chi connectivity index (χ2v) is 5.69. The molecule has 25 heavy (non-hydrogen) atoms. The summed E-state index contributed by atoms with van der Waals surface area (Å²) in [4.78, 5) is 24.1. The predicted molar refractivity (Wildman–Crippen MR) is 94.9 cm³/mol. The van der Waals surface area contributed by atoms with Crippen LogP contribution in [0.1, 0.15) is 18.4 Å². The van der Waals surface area contributed by atoms with E-state index < -0.39 is 18.0 Å². The molecule has 0 fully saturated rings. The van der Waals surface area contributed by atoms with Gasteiger partial charge in [0.25, 0.3) is 0 Å². The minimum absolute atomic E-state index is 0.134. The zero-order valence-electron chi connectivity index (χ0n) is 14.0. The number of carbonyl (C=O) groups excluding carboxylic acids is 2. The zero-order chi connectivity index (χ0) is 18.8. The summed E-state index contributed by atoms with van der Waals surface area (Å²) < 4.78 is 0. The van der Waals surface area contributed by atoms with Crippen molar-refractivity contribution in [3.63, 3.8) is 0 Å². The fraction of sp³-hybridized carbons (Fsp3) is 0.438. The topological polar surface area (TPSA) is 180 Å². The summed E-state index contributed by atoms with van der Waals surface area (Å²) in [5.41, 5.74) is 17.3. The third kappa shape index (κ3) is 7.64. The number of Topliss-reactive ketones (excluding diaryl/α,β-unsaturated/α-hetero) is 1. The molecule has 138 valence electrons. The van der Waals surface area contributed by atoms with Crippen LogP contribution < -0.4 is 27.8 Å². The summed E-state index contributed by atoms with van der Waals surface area (Å²) in [6, 6.07) is 4.84. The van der Waals surface area contributed by atoms with E-state index in [9.17, 15) is 14.7 Å². The fourth-order valence-corrected chi connectivity index (χ4v) is 2.24. The Hall–Kier alpha value is -2.65. The number of amides is 1. The molecule has 0 bridgehead atoms. The summed E-state index contributed by atoms with van der Waals surface area (Å²) >= 11 is 0. The highest BCUT2D eigenvalue weighted by Gasteiger charge is 2.22. The van der Waals surface area contributed by atoms with Crippen LogP contribution >= 0.6 is 0 Å². The van der Waals surface area contributed by atoms with Crippen molar-refractivity contribution in [1.29, 1.82) is 5.41 Å². The molecule has 10 N–H and O–H groups in total. The first-order valence-electron chi connectivity index (χ1n) is 7.98. The van der Waals surface area contributed by atoms with Crippen molar-refractivity contribution >= 4 is 17.6 Å². The molecule has 1 amide bonds. The minimum Gasteiger partial charge on any atom is -0.508 e. The van der Waals surface area contributed by atoms with Gasteiger partial charge in [-0.25, -0.2) is 0 Å². The maximum Gasteiger partial charge on any atom is 0.237 e. The summed E-state index contributed by atoms with van der Waals surface area (Å²) in [6.07, 6.45) is 1.18. The highest BCUT2D eigenvalue weighted by molar-refractivity contribution is 5.91. The van der Waals surface area contributed by atoms with Gasteiger partial charge in [0.05, 0.1) is 18.6 Å². The van der Waals surface area contributed by atoms with Crippen LogP contribution in [0.4, 0.5) is 0 Å². The van der Waals surface area contributed by atoms with Gasteiger partial charge in [-0.2, -0.15) is 0 Å². The maximum absolute atomic E-state index is 12.2. The number of ketones is 1. The van der Waals surface area contributed by atoms with E-state index in [0.717, 1.165) is 5.56 Å². The average Bonchev–Trinajstić information content (AvgIpc) is 2.58. The number of benzene rings is 1. The molecule has 0 aliphatic carbocycles. The molecule has 1 rings (SSSR count). The number of phenols is 1. The largest absolute Gasteiger partial charge is 0.508 e. The number of nitrogens with one attached hydrogen (secondary N) is 3. The molecule has 0 spiro atoms. The lowest BCUT2D eigenvalue weighted by Crippen LogP contribution is -2.50. The first-order valence-corrected chi connectivity index (χ1v) is 7.98. The van der Waals surface area contributed by atoms with Gasteiger partial charge in [0, 0.05) is 6.54 Å². The van der Waals surface area contributed by atoms with Crippen LogP contribution in [-0.4, -0.2) is 47.9 Å². The molecule has 0 heterocycles. The lowest BCUT2D eigenvalue weighted by Gasteiger charge is -2.20. The molecular weight excluding hydrogens is 324 g/mol. The van der Waals surface area contributed by atoms with E-state index in [4.69, 9.17) is 22.6 Å². The molecule has 0 radical (unpaired) electrons. The number of rotatable bonds is 10. The van der Waals surface area contributed by atoms with E-state index in [0.29, 0.717) is 19.4 Å². The highest BCUT2D eigenvalue weighted by Crippen LogP contribution is 2.11. The summed E-state index contributed by atoms with van der Waals surface area (Å²) in [5, 5.41) is 21.6. The number of phenolic OH excluding ortho intramolecular Hbond substituents is 1. The SMILES string of the molecule is N=C(N)NCCCC(NC(=O)C(N)Cc1ccc(O)cc1)C(=O)CN. The molecule has 0 saturated heterocycles. The summed E-state index contributed by atoms with van der Waals surface area (Å²) in [6.45, 7) is 0.234. The van der Waals surface area contributed by atoms with Gasteiger partial charge < -0.3 is 32.9 Å². The van der Waals surface area contributed by atoms with Gasteiger partial charge in [-0.15, -0.1) is 0 Å². The van der Waals surface area contributed by atoms with Crippen molar-refractivity contribution in [1.82, 2.24) is 10.6 Å². The van der Waals surface area contributed by atoms with Crippen molar-refractivity contribution in [3.05, 3.63) is 29.8 Å². The van der Waals surface area contributed by atoms with Gasteiger partial charge in [0.1, 0.15) is 5.75 Å². The van der Waals surface area contributed by atoms with Crippen molar-refractivity contribution in [2.24, 2.45) is 17.2 Å². The molecule has 9 nitrogen and oxygen atoms in total. The lowest BCUT2D eigenvalue weighted by molar-refractivity contribution is -0.128. The molecule has 0 saturated carbocycles. The van der Waals surface area contributed by atoms with Crippen molar-refractivity contribution < 1.29 is 14.7 Å². The number of aromatic hydroxyl groups is 1. The maximum atomic E-state index is 12.2. The average molecular weight is 350 g/mol. The van der Waals surface area contributed by atoms with Crippen LogP contribution in [0.15, 0.2) is 24.3 Å². The van der Waals surface area contributed by atoms with Gasteiger partial charge in [0.15, 0.2) is 11.7 Å². The summed E-state index contributed by atoms with van der Waals surface area (Å²) in [7, 11) is 0. The third-order valence-electron chi connectivity index (χ3n) is 3.62. The zero-order valence-corrected chi connectivity index (χ0v) is 14.0. The lowest BCUT2D eigenvalue weighted by atomic mass is 10.0. The minimum atomic E-state index is -0.826. The molecule has 0 aromatic heterocycles. The molecule has 0 aliphatic rings. The van der Waals surface area contributed by atoms with Crippen LogP contribution in [0.2, 0.25) is 0 Å². The summed E-state index contributed by atoms with van der Waals surface area (Å²) in [5.74, 6) is -0.747. The van der Waals surface area contributed by atoms with E-state index in [1.54, 1.807) is 12.1 Å². The van der Waals surface area contributed by atoms with E-state index in [1.807, 2.05) is 0 Å². The molecule has 2 unspecified atom stereocenters. The number of hydrogen-bond acceptors (Lipinski definition) is 6. The van der Waals surface area contributed by atoms with Gasteiger partial charge in [-0.3, -0.25) is 15.0 Å². The molecular formula is C16H26N6O3. The normalized spacial score (nSPS) is 12.9. The van der Waals surface area contributed by atoms with Crippen LogP contribution in [-0.2, 0) is 16.0 Å². The third-order valence-corrected chi connectivity index (χ3v) is 3.62. The molecule has 1 aromatic carbocycles. The van der Waals surface area contributed by atoms with Crippen molar-refractivity contribution in [2.45, 2.75) is 31.3 Å². The number of hydrogen-bond donors (Lipinski definition) is 7. The first kappa shape index (κ1) is 20.4. The molecule has 1 aromatic rings.